The van der Waals surface area contributed by atoms with Crippen LogP contribution in [0.3, 0.4) is 0 Å². The van der Waals surface area contributed by atoms with E-state index in [1.807, 2.05) is 31.2 Å². The molecule has 0 aliphatic carbocycles. The lowest BCUT2D eigenvalue weighted by Crippen LogP contribution is -2.26. The van der Waals surface area contributed by atoms with Crippen LogP contribution >= 0.6 is 0 Å². The zero-order chi connectivity index (χ0) is 15.8. The Morgan fingerprint density at radius 3 is 2.73 bits per heavy atom. The molecule has 0 saturated carbocycles. The number of methoxy groups -OCH3 is 1. The van der Waals surface area contributed by atoms with Crippen LogP contribution < -0.4 is 10.6 Å². The van der Waals surface area contributed by atoms with Gasteiger partial charge in [-0.1, -0.05) is 17.7 Å². The zero-order valence-corrected chi connectivity index (χ0v) is 12.8. The molecule has 0 unspecified atom stereocenters. The largest absolute Gasteiger partial charge is 0.385 e. The zero-order valence-electron chi connectivity index (χ0n) is 12.8. The normalized spacial score (nSPS) is 10.3. The summed E-state index contributed by atoms with van der Waals surface area (Å²) in [5, 5.41) is 5.95. The highest BCUT2D eigenvalue weighted by molar-refractivity contribution is 5.92. The number of hydrogen-bond donors (Lipinski definition) is 2. The predicted octanol–water partition coefficient (Wildman–Crippen LogP) is 2.29. The highest BCUT2D eigenvalue weighted by Gasteiger charge is 2.08. The maximum absolute atomic E-state index is 12.0. The van der Waals surface area contributed by atoms with Crippen LogP contribution in [-0.2, 0) is 4.74 Å². The van der Waals surface area contributed by atoms with E-state index in [9.17, 15) is 4.79 Å². The maximum Gasteiger partial charge on any atom is 0.270 e. The first-order valence-electron chi connectivity index (χ1n) is 7.12. The van der Waals surface area contributed by atoms with Gasteiger partial charge in [-0.15, -0.1) is 0 Å². The van der Waals surface area contributed by atoms with Crippen molar-refractivity contribution in [3.63, 3.8) is 0 Å². The summed E-state index contributed by atoms with van der Waals surface area (Å²) in [7, 11) is 1.63. The van der Waals surface area contributed by atoms with Gasteiger partial charge in [0.1, 0.15) is 17.8 Å². The fourth-order valence-corrected chi connectivity index (χ4v) is 1.84. The fraction of sp³-hybridized carbons (Fsp3) is 0.312. The number of nitrogens with zero attached hydrogens (tertiary/aromatic N) is 2. The van der Waals surface area contributed by atoms with Crippen LogP contribution in [0.1, 0.15) is 22.5 Å². The van der Waals surface area contributed by atoms with E-state index in [2.05, 4.69) is 20.6 Å². The number of benzene rings is 1. The summed E-state index contributed by atoms with van der Waals surface area (Å²) in [4.78, 5) is 20.1. The molecule has 0 bridgehead atoms. The van der Waals surface area contributed by atoms with Crippen molar-refractivity contribution >= 4 is 17.4 Å². The molecule has 116 valence electrons. The number of hydrogen-bond acceptors (Lipinski definition) is 5. The van der Waals surface area contributed by atoms with Gasteiger partial charge in [0.05, 0.1) is 0 Å². The second-order valence-corrected chi connectivity index (χ2v) is 4.88. The molecule has 2 N–H and O–H groups in total. The second kappa shape index (κ2) is 8.09. The van der Waals surface area contributed by atoms with Crippen LogP contribution in [0.5, 0.6) is 0 Å². The average molecular weight is 300 g/mol. The van der Waals surface area contributed by atoms with Crippen molar-refractivity contribution in [2.24, 2.45) is 0 Å². The van der Waals surface area contributed by atoms with E-state index in [0.717, 1.165) is 12.1 Å². The van der Waals surface area contributed by atoms with Crippen LogP contribution in [0.15, 0.2) is 36.7 Å². The molecule has 2 aromatic rings. The SMILES string of the molecule is COCCCNC(=O)c1cc(Nc2ccc(C)cc2)ncn1. The number of carbonyl (C=O) groups excluding carboxylic acids is 1. The minimum atomic E-state index is -0.217. The van der Waals surface area contributed by atoms with Gasteiger partial charge in [0.25, 0.3) is 5.91 Å². The number of anilines is 2. The van der Waals surface area contributed by atoms with Gasteiger partial charge in [-0.3, -0.25) is 4.79 Å². The number of rotatable bonds is 7. The lowest BCUT2D eigenvalue weighted by molar-refractivity contribution is 0.0943. The molecule has 0 atom stereocenters. The van der Waals surface area contributed by atoms with Crippen LogP contribution in [0.25, 0.3) is 0 Å². The second-order valence-electron chi connectivity index (χ2n) is 4.88. The van der Waals surface area contributed by atoms with Crippen molar-refractivity contribution in [1.29, 1.82) is 0 Å². The minimum absolute atomic E-state index is 0.217. The van der Waals surface area contributed by atoms with Crippen molar-refractivity contribution in [3.05, 3.63) is 47.9 Å². The molecule has 1 amide bonds. The van der Waals surface area contributed by atoms with E-state index in [-0.39, 0.29) is 5.91 Å². The fourth-order valence-electron chi connectivity index (χ4n) is 1.84. The Morgan fingerprint density at radius 1 is 1.23 bits per heavy atom. The average Bonchev–Trinajstić information content (AvgIpc) is 2.54. The third kappa shape index (κ3) is 4.82. The van der Waals surface area contributed by atoms with Gasteiger partial charge in [-0.25, -0.2) is 9.97 Å². The highest BCUT2D eigenvalue weighted by atomic mass is 16.5. The summed E-state index contributed by atoms with van der Waals surface area (Å²) in [5.74, 6) is 0.367. The summed E-state index contributed by atoms with van der Waals surface area (Å²) >= 11 is 0. The third-order valence-corrected chi connectivity index (χ3v) is 3.03. The first kappa shape index (κ1) is 15.9. The Kier molecular flexibility index (Phi) is 5.85. The number of nitrogens with one attached hydrogen (secondary N) is 2. The third-order valence-electron chi connectivity index (χ3n) is 3.03. The molecule has 1 aromatic carbocycles. The molecule has 0 fully saturated rings. The molecule has 0 aliphatic rings. The number of aryl methyl sites for hydroxylation is 1. The van der Waals surface area contributed by atoms with Crippen molar-refractivity contribution in [1.82, 2.24) is 15.3 Å². The minimum Gasteiger partial charge on any atom is -0.385 e. The first-order valence-corrected chi connectivity index (χ1v) is 7.12. The molecule has 0 radical (unpaired) electrons. The van der Waals surface area contributed by atoms with Crippen molar-refractivity contribution < 1.29 is 9.53 Å². The van der Waals surface area contributed by atoms with Crippen LogP contribution in [0, 0.1) is 6.92 Å². The highest BCUT2D eigenvalue weighted by Crippen LogP contribution is 2.15. The number of carbonyl (C=O) groups is 1. The molecule has 1 aromatic heterocycles. The Bertz CT molecular complexity index is 614. The monoisotopic (exact) mass is 300 g/mol. The number of amides is 1. The van der Waals surface area contributed by atoms with E-state index >= 15 is 0 Å². The van der Waals surface area contributed by atoms with Crippen LogP contribution in [0.2, 0.25) is 0 Å². The summed E-state index contributed by atoms with van der Waals surface area (Å²) in [6.07, 6.45) is 2.14. The standard InChI is InChI=1S/C16H20N4O2/c1-12-4-6-13(7-5-12)20-15-10-14(18-11-19-15)16(21)17-8-3-9-22-2/h4-7,10-11H,3,8-9H2,1-2H3,(H,17,21)(H,18,19,20). The van der Waals surface area contributed by atoms with E-state index in [1.54, 1.807) is 13.2 Å². The summed E-state index contributed by atoms with van der Waals surface area (Å²) in [5.41, 5.74) is 2.43. The lowest BCUT2D eigenvalue weighted by Gasteiger charge is -2.08. The molecule has 22 heavy (non-hydrogen) atoms. The topological polar surface area (TPSA) is 76.1 Å². The van der Waals surface area contributed by atoms with E-state index < -0.39 is 0 Å². The molecular weight excluding hydrogens is 280 g/mol. The van der Waals surface area contributed by atoms with Gasteiger partial charge in [-0.05, 0) is 25.5 Å². The molecule has 6 nitrogen and oxygen atoms in total. The number of aromatic nitrogens is 2. The predicted molar refractivity (Wildman–Crippen MR) is 85.3 cm³/mol. The molecule has 0 spiro atoms. The molecule has 6 heteroatoms. The quantitative estimate of drug-likeness (QED) is 0.767. The Balaban J connectivity index is 1.97. The van der Waals surface area contributed by atoms with Gasteiger partial charge in [0.15, 0.2) is 0 Å². The molecule has 2 rings (SSSR count). The van der Waals surface area contributed by atoms with Gasteiger partial charge < -0.3 is 15.4 Å². The maximum atomic E-state index is 12.0. The van der Waals surface area contributed by atoms with Crippen molar-refractivity contribution in [3.8, 4) is 0 Å². The van der Waals surface area contributed by atoms with Crippen LogP contribution in [0.4, 0.5) is 11.5 Å². The van der Waals surface area contributed by atoms with Crippen LogP contribution in [-0.4, -0.2) is 36.1 Å². The number of ether oxygens (including phenoxy) is 1. The van der Waals surface area contributed by atoms with Gasteiger partial charge in [0.2, 0.25) is 0 Å². The smallest absolute Gasteiger partial charge is 0.270 e. The van der Waals surface area contributed by atoms with E-state index in [4.69, 9.17) is 4.74 Å². The Hall–Kier alpha value is -2.47. The van der Waals surface area contributed by atoms with Gasteiger partial charge >= 0.3 is 0 Å². The Labute approximate surface area is 129 Å². The molecule has 0 aliphatic heterocycles. The van der Waals surface area contributed by atoms with E-state index in [1.165, 1.54) is 11.9 Å². The molecule has 1 heterocycles. The van der Waals surface area contributed by atoms with Crippen molar-refractivity contribution in [2.45, 2.75) is 13.3 Å². The Morgan fingerprint density at radius 2 is 2.00 bits per heavy atom. The molecule has 0 saturated heterocycles. The lowest BCUT2D eigenvalue weighted by atomic mass is 10.2. The van der Waals surface area contributed by atoms with Gasteiger partial charge in [-0.2, -0.15) is 0 Å². The summed E-state index contributed by atoms with van der Waals surface area (Å²) in [6, 6.07) is 9.56. The van der Waals surface area contributed by atoms with Gasteiger partial charge in [0, 0.05) is 32.0 Å². The summed E-state index contributed by atoms with van der Waals surface area (Å²) < 4.78 is 4.94. The summed E-state index contributed by atoms with van der Waals surface area (Å²) in [6.45, 7) is 3.20. The first-order chi connectivity index (χ1) is 10.7. The van der Waals surface area contributed by atoms with Crippen molar-refractivity contribution in [2.75, 3.05) is 25.6 Å². The van der Waals surface area contributed by atoms with E-state index in [0.29, 0.717) is 24.7 Å². The molecular formula is C16H20N4O2.